The molecule has 0 saturated heterocycles. The Kier molecular flexibility index (Phi) is 4.50. The van der Waals surface area contributed by atoms with Gasteiger partial charge in [0.15, 0.2) is 5.96 Å². The summed E-state index contributed by atoms with van der Waals surface area (Å²) in [6.07, 6.45) is 6.54. The highest BCUT2D eigenvalue weighted by molar-refractivity contribution is 5.83. The van der Waals surface area contributed by atoms with Crippen LogP contribution < -0.4 is 10.6 Å². The Morgan fingerprint density at radius 1 is 0.792 bits per heavy atom. The Labute approximate surface area is 144 Å². The zero-order valence-electron chi connectivity index (χ0n) is 14.0. The van der Waals surface area contributed by atoms with E-state index >= 15 is 0 Å². The second kappa shape index (κ2) is 7.08. The molecule has 124 valence electrons. The molecule has 2 aromatic carbocycles. The van der Waals surface area contributed by atoms with Gasteiger partial charge in [0.1, 0.15) is 6.04 Å². The molecule has 0 aromatic heterocycles. The van der Waals surface area contributed by atoms with E-state index in [-0.39, 0.29) is 12.1 Å². The van der Waals surface area contributed by atoms with Gasteiger partial charge in [0.2, 0.25) is 0 Å². The van der Waals surface area contributed by atoms with E-state index < -0.39 is 0 Å². The van der Waals surface area contributed by atoms with Crippen molar-refractivity contribution in [1.82, 2.24) is 10.6 Å². The minimum Gasteiger partial charge on any atom is -0.354 e. The lowest BCUT2D eigenvalue weighted by molar-refractivity contribution is 0.410. The third-order valence-electron chi connectivity index (χ3n) is 5.12. The molecule has 4 rings (SSSR count). The first-order chi connectivity index (χ1) is 11.9. The fourth-order valence-corrected chi connectivity index (χ4v) is 3.84. The number of guanidine groups is 1. The maximum absolute atomic E-state index is 5.00. The highest BCUT2D eigenvalue weighted by Crippen LogP contribution is 2.35. The summed E-state index contributed by atoms with van der Waals surface area (Å²) in [4.78, 5) is 5.00. The van der Waals surface area contributed by atoms with Crippen LogP contribution in [0.2, 0.25) is 0 Å². The third-order valence-corrected chi connectivity index (χ3v) is 5.12. The molecule has 3 nitrogen and oxygen atoms in total. The van der Waals surface area contributed by atoms with Gasteiger partial charge < -0.3 is 10.6 Å². The normalized spacial score (nSPS) is 24.2. The average Bonchev–Trinajstić information content (AvgIpc) is 3.08. The van der Waals surface area contributed by atoms with Crippen LogP contribution in [0.1, 0.15) is 55.3 Å². The molecule has 0 spiro atoms. The van der Waals surface area contributed by atoms with E-state index in [2.05, 4.69) is 71.3 Å². The number of hydrogen-bond acceptors (Lipinski definition) is 3. The van der Waals surface area contributed by atoms with Crippen LogP contribution in [0, 0.1) is 0 Å². The van der Waals surface area contributed by atoms with Gasteiger partial charge in [-0.05, 0) is 24.0 Å². The summed E-state index contributed by atoms with van der Waals surface area (Å²) in [6, 6.07) is 22.1. The molecular formula is C21H25N3. The first-order valence-corrected chi connectivity index (χ1v) is 9.11. The highest BCUT2D eigenvalue weighted by atomic mass is 15.3. The predicted molar refractivity (Wildman–Crippen MR) is 98.9 cm³/mol. The first-order valence-electron chi connectivity index (χ1n) is 9.11. The van der Waals surface area contributed by atoms with Crippen LogP contribution in [0.25, 0.3) is 0 Å². The standard InChI is InChI=1S/C21H25N3/c1-4-10-16(11-5-1)19-20(17-12-6-2-7-13-17)24-21(23-19)22-18-14-8-3-9-15-18/h1-2,4-7,10-13,18-20H,3,8-9,14-15H2,(H2,22,23,24)/t19-,20-/m0/s1. The highest BCUT2D eigenvalue weighted by Gasteiger charge is 2.32. The maximum atomic E-state index is 5.00. The van der Waals surface area contributed by atoms with Crippen LogP contribution in [0.3, 0.4) is 0 Å². The van der Waals surface area contributed by atoms with E-state index in [0.29, 0.717) is 6.04 Å². The van der Waals surface area contributed by atoms with Crippen molar-refractivity contribution in [2.24, 2.45) is 4.99 Å². The first kappa shape index (κ1) is 15.3. The van der Waals surface area contributed by atoms with Crippen molar-refractivity contribution in [2.75, 3.05) is 0 Å². The van der Waals surface area contributed by atoms with Crippen LogP contribution in [-0.4, -0.2) is 12.0 Å². The predicted octanol–water partition coefficient (Wildman–Crippen LogP) is 4.35. The van der Waals surface area contributed by atoms with Crippen LogP contribution in [0.4, 0.5) is 0 Å². The summed E-state index contributed by atoms with van der Waals surface area (Å²) < 4.78 is 0. The Bertz CT molecular complexity index is 675. The molecule has 1 heterocycles. The summed E-state index contributed by atoms with van der Waals surface area (Å²) in [5, 5.41) is 7.30. The summed E-state index contributed by atoms with van der Waals surface area (Å²) in [6.45, 7) is 0. The third kappa shape index (κ3) is 3.30. The molecule has 1 aliphatic heterocycles. The molecule has 2 aliphatic rings. The number of rotatable bonds is 3. The van der Waals surface area contributed by atoms with Crippen LogP contribution in [0.5, 0.6) is 0 Å². The lowest BCUT2D eigenvalue weighted by Crippen LogP contribution is -2.42. The minimum absolute atomic E-state index is 0.125. The van der Waals surface area contributed by atoms with Gasteiger partial charge in [-0.15, -0.1) is 0 Å². The summed E-state index contributed by atoms with van der Waals surface area (Å²) >= 11 is 0. The number of aliphatic imine (C=N–C) groups is 1. The van der Waals surface area contributed by atoms with Gasteiger partial charge in [0.25, 0.3) is 0 Å². The molecule has 0 radical (unpaired) electrons. The molecule has 1 fully saturated rings. The molecule has 2 atom stereocenters. The Balaban J connectivity index is 1.58. The molecule has 3 heteroatoms. The monoisotopic (exact) mass is 319 g/mol. The van der Waals surface area contributed by atoms with Crippen molar-refractivity contribution < 1.29 is 0 Å². The van der Waals surface area contributed by atoms with E-state index in [0.717, 1.165) is 5.96 Å². The molecule has 1 aliphatic carbocycles. The molecule has 0 unspecified atom stereocenters. The molecule has 0 amide bonds. The van der Waals surface area contributed by atoms with E-state index in [9.17, 15) is 0 Å². The number of nitrogens with zero attached hydrogens (tertiary/aromatic N) is 1. The van der Waals surface area contributed by atoms with Crippen molar-refractivity contribution >= 4 is 5.96 Å². The second-order valence-electron chi connectivity index (χ2n) is 6.85. The van der Waals surface area contributed by atoms with Crippen LogP contribution in [-0.2, 0) is 0 Å². The lowest BCUT2D eigenvalue weighted by atomic mass is 9.95. The quantitative estimate of drug-likeness (QED) is 0.882. The maximum Gasteiger partial charge on any atom is 0.192 e. The van der Waals surface area contributed by atoms with Crippen molar-refractivity contribution in [1.29, 1.82) is 0 Å². The van der Waals surface area contributed by atoms with Crippen molar-refractivity contribution in [3.05, 3.63) is 71.8 Å². The number of hydrogen-bond donors (Lipinski definition) is 2. The topological polar surface area (TPSA) is 36.4 Å². The van der Waals surface area contributed by atoms with Crippen LogP contribution >= 0.6 is 0 Å². The van der Waals surface area contributed by atoms with Gasteiger partial charge in [0.05, 0.1) is 6.04 Å². The van der Waals surface area contributed by atoms with Gasteiger partial charge in [0, 0.05) is 6.04 Å². The summed E-state index contributed by atoms with van der Waals surface area (Å²) in [5.74, 6) is 0.963. The zero-order valence-corrected chi connectivity index (χ0v) is 14.0. The molecule has 2 N–H and O–H groups in total. The molecular weight excluding hydrogens is 294 g/mol. The van der Waals surface area contributed by atoms with Gasteiger partial charge >= 0.3 is 0 Å². The van der Waals surface area contributed by atoms with E-state index in [1.54, 1.807) is 0 Å². The van der Waals surface area contributed by atoms with Gasteiger partial charge in [-0.2, -0.15) is 0 Å². The number of nitrogens with one attached hydrogen (secondary N) is 2. The van der Waals surface area contributed by atoms with Crippen molar-refractivity contribution in [3.63, 3.8) is 0 Å². The Hall–Kier alpha value is -2.29. The molecule has 1 saturated carbocycles. The lowest BCUT2D eigenvalue weighted by Gasteiger charge is -2.24. The Morgan fingerprint density at radius 2 is 1.42 bits per heavy atom. The summed E-state index contributed by atoms with van der Waals surface area (Å²) in [5.41, 5.74) is 2.55. The fourth-order valence-electron chi connectivity index (χ4n) is 3.84. The van der Waals surface area contributed by atoms with Crippen molar-refractivity contribution in [2.45, 2.75) is 50.2 Å². The minimum atomic E-state index is 0.125. The fraction of sp³-hybridized carbons (Fsp3) is 0.381. The SMILES string of the molecule is c1ccc([C@@H]2N=C(NC3CCCCC3)N[C@H]2c2ccccc2)cc1. The van der Waals surface area contributed by atoms with E-state index in [1.807, 2.05) is 0 Å². The summed E-state index contributed by atoms with van der Waals surface area (Å²) in [7, 11) is 0. The number of benzene rings is 2. The average molecular weight is 319 g/mol. The van der Waals surface area contributed by atoms with Crippen molar-refractivity contribution in [3.8, 4) is 0 Å². The van der Waals surface area contributed by atoms with E-state index in [1.165, 1.54) is 43.2 Å². The zero-order chi connectivity index (χ0) is 16.2. The Morgan fingerprint density at radius 3 is 2.08 bits per heavy atom. The molecule has 2 aromatic rings. The largest absolute Gasteiger partial charge is 0.354 e. The van der Waals surface area contributed by atoms with E-state index in [4.69, 9.17) is 4.99 Å². The van der Waals surface area contributed by atoms with Gasteiger partial charge in [-0.1, -0.05) is 79.9 Å². The van der Waals surface area contributed by atoms with Gasteiger partial charge in [-0.3, -0.25) is 0 Å². The van der Waals surface area contributed by atoms with Gasteiger partial charge in [-0.25, -0.2) is 4.99 Å². The smallest absolute Gasteiger partial charge is 0.192 e. The molecule has 24 heavy (non-hydrogen) atoms. The molecule has 0 bridgehead atoms. The van der Waals surface area contributed by atoms with Crippen LogP contribution in [0.15, 0.2) is 65.7 Å². The second-order valence-corrected chi connectivity index (χ2v) is 6.85.